The number of methoxy groups -OCH3 is 1. The topological polar surface area (TPSA) is 41.6 Å². The van der Waals surface area contributed by atoms with Crippen LogP contribution in [0.5, 0.6) is 0 Å². The minimum atomic E-state index is 0.102. The Balaban J connectivity index is 2.16. The van der Waals surface area contributed by atoms with Crippen LogP contribution in [0.3, 0.4) is 0 Å². The Morgan fingerprint density at radius 1 is 1.38 bits per heavy atom. The molecule has 1 fully saturated rings. The van der Waals surface area contributed by atoms with Crippen molar-refractivity contribution in [2.24, 2.45) is 0 Å². The van der Waals surface area contributed by atoms with Gasteiger partial charge in [-0.25, -0.2) is 0 Å². The Morgan fingerprint density at radius 3 is 2.69 bits per heavy atom. The molecule has 1 amide bonds. The number of carbonyl (C=O) groups excluding carboxylic acids is 1. The summed E-state index contributed by atoms with van der Waals surface area (Å²) in [6.45, 7) is 1.70. The summed E-state index contributed by atoms with van der Waals surface area (Å²) in [6.07, 6.45) is 6.44. The van der Waals surface area contributed by atoms with Crippen LogP contribution in [-0.4, -0.2) is 50.7 Å². The molecule has 94 valence electrons. The summed E-state index contributed by atoms with van der Waals surface area (Å²) in [7, 11) is 3.69. The van der Waals surface area contributed by atoms with Crippen LogP contribution in [0.25, 0.3) is 0 Å². The maximum absolute atomic E-state index is 11.6. The van der Waals surface area contributed by atoms with E-state index in [0.29, 0.717) is 25.7 Å². The van der Waals surface area contributed by atoms with Gasteiger partial charge in [0.05, 0.1) is 13.2 Å². The minimum Gasteiger partial charge on any atom is -0.383 e. The highest BCUT2D eigenvalue weighted by Gasteiger charge is 2.19. The van der Waals surface area contributed by atoms with Gasteiger partial charge in [-0.2, -0.15) is 0 Å². The SMILES string of the molecule is COCCNC(=O)CN(C)C1CCCCC1. The fourth-order valence-electron chi connectivity index (χ4n) is 2.23. The van der Waals surface area contributed by atoms with Crippen LogP contribution in [0.2, 0.25) is 0 Å². The van der Waals surface area contributed by atoms with E-state index < -0.39 is 0 Å². The molecule has 0 atom stereocenters. The molecule has 0 aromatic rings. The third-order valence-corrected chi connectivity index (χ3v) is 3.22. The average Bonchev–Trinajstić information content (AvgIpc) is 2.30. The summed E-state index contributed by atoms with van der Waals surface area (Å²) in [5.74, 6) is 0.102. The summed E-state index contributed by atoms with van der Waals surface area (Å²) in [5, 5.41) is 2.85. The zero-order chi connectivity index (χ0) is 11.8. The Morgan fingerprint density at radius 2 is 2.06 bits per heavy atom. The number of nitrogens with one attached hydrogen (secondary N) is 1. The van der Waals surface area contributed by atoms with Gasteiger partial charge in [0.15, 0.2) is 0 Å². The largest absolute Gasteiger partial charge is 0.383 e. The molecule has 1 aliphatic rings. The number of nitrogens with zero attached hydrogens (tertiary/aromatic N) is 1. The summed E-state index contributed by atoms with van der Waals surface area (Å²) in [5.41, 5.74) is 0. The van der Waals surface area contributed by atoms with Crippen LogP contribution in [0, 0.1) is 0 Å². The zero-order valence-electron chi connectivity index (χ0n) is 10.5. The van der Waals surface area contributed by atoms with Crippen molar-refractivity contribution in [2.45, 2.75) is 38.1 Å². The van der Waals surface area contributed by atoms with Crippen LogP contribution >= 0.6 is 0 Å². The van der Waals surface area contributed by atoms with Gasteiger partial charge in [-0.05, 0) is 19.9 Å². The molecule has 0 saturated heterocycles. The van der Waals surface area contributed by atoms with E-state index in [2.05, 4.69) is 10.2 Å². The van der Waals surface area contributed by atoms with E-state index in [0.717, 1.165) is 0 Å². The second kappa shape index (κ2) is 7.63. The number of hydrogen-bond donors (Lipinski definition) is 1. The molecule has 0 aliphatic heterocycles. The highest BCUT2D eigenvalue weighted by Crippen LogP contribution is 2.21. The molecular formula is C12H24N2O2. The molecule has 1 aliphatic carbocycles. The van der Waals surface area contributed by atoms with Gasteiger partial charge in [0.25, 0.3) is 0 Å². The molecule has 4 nitrogen and oxygen atoms in total. The van der Waals surface area contributed by atoms with E-state index in [-0.39, 0.29) is 5.91 Å². The lowest BCUT2D eigenvalue weighted by Gasteiger charge is -2.30. The van der Waals surface area contributed by atoms with E-state index in [4.69, 9.17) is 4.74 Å². The molecule has 1 N–H and O–H groups in total. The third kappa shape index (κ3) is 4.94. The summed E-state index contributed by atoms with van der Waals surface area (Å²) in [6, 6.07) is 0.599. The van der Waals surface area contributed by atoms with E-state index in [1.807, 2.05) is 7.05 Å². The second-order valence-electron chi connectivity index (χ2n) is 4.55. The second-order valence-corrected chi connectivity index (χ2v) is 4.55. The normalized spacial score (nSPS) is 17.7. The number of likely N-dealkylation sites (N-methyl/N-ethyl adjacent to an activating group) is 1. The van der Waals surface area contributed by atoms with Gasteiger partial charge >= 0.3 is 0 Å². The monoisotopic (exact) mass is 228 g/mol. The maximum Gasteiger partial charge on any atom is 0.234 e. The Bertz CT molecular complexity index is 203. The van der Waals surface area contributed by atoms with Crippen molar-refractivity contribution in [3.8, 4) is 0 Å². The first-order valence-corrected chi connectivity index (χ1v) is 6.20. The first kappa shape index (κ1) is 13.5. The molecule has 0 aromatic heterocycles. The molecular weight excluding hydrogens is 204 g/mol. The summed E-state index contributed by atoms with van der Waals surface area (Å²) < 4.78 is 4.89. The van der Waals surface area contributed by atoms with E-state index in [1.165, 1.54) is 32.1 Å². The van der Waals surface area contributed by atoms with E-state index in [1.54, 1.807) is 7.11 Å². The number of carbonyl (C=O) groups is 1. The van der Waals surface area contributed by atoms with Crippen molar-refractivity contribution >= 4 is 5.91 Å². The highest BCUT2D eigenvalue weighted by molar-refractivity contribution is 5.77. The molecule has 0 unspecified atom stereocenters. The molecule has 1 saturated carbocycles. The van der Waals surface area contributed by atoms with Crippen molar-refractivity contribution < 1.29 is 9.53 Å². The zero-order valence-corrected chi connectivity index (χ0v) is 10.5. The summed E-state index contributed by atoms with van der Waals surface area (Å²) in [4.78, 5) is 13.7. The van der Waals surface area contributed by atoms with Gasteiger partial charge in [0.1, 0.15) is 0 Å². The van der Waals surface area contributed by atoms with Crippen LogP contribution in [0.1, 0.15) is 32.1 Å². The molecule has 1 rings (SSSR count). The van der Waals surface area contributed by atoms with Crippen molar-refractivity contribution in [3.63, 3.8) is 0 Å². The maximum atomic E-state index is 11.6. The lowest BCUT2D eigenvalue weighted by molar-refractivity contribution is -0.122. The van der Waals surface area contributed by atoms with E-state index in [9.17, 15) is 4.79 Å². The Hall–Kier alpha value is -0.610. The van der Waals surface area contributed by atoms with Crippen molar-refractivity contribution in [1.29, 1.82) is 0 Å². The molecule has 0 aromatic carbocycles. The molecule has 0 radical (unpaired) electrons. The molecule has 0 bridgehead atoms. The molecule has 0 spiro atoms. The van der Waals surface area contributed by atoms with Crippen LogP contribution in [0.15, 0.2) is 0 Å². The third-order valence-electron chi connectivity index (χ3n) is 3.22. The van der Waals surface area contributed by atoms with Gasteiger partial charge in [-0.3, -0.25) is 9.69 Å². The standard InChI is InChI=1S/C12H24N2O2/c1-14(11-6-4-3-5-7-11)10-12(15)13-8-9-16-2/h11H,3-10H2,1-2H3,(H,13,15). The lowest BCUT2D eigenvalue weighted by Crippen LogP contribution is -2.42. The number of hydrogen-bond acceptors (Lipinski definition) is 3. The van der Waals surface area contributed by atoms with Gasteiger partial charge < -0.3 is 10.1 Å². The van der Waals surface area contributed by atoms with Gasteiger partial charge in [0.2, 0.25) is 5.91 Å². The van der Waals surface area contributed by atoms with Gasteiger partial charge in [-0.15, -0.1) is 0 Å². The smallest absolute Gasteiger partial charge is 0.234 e. The first-order chi connectivity index (χ1) is 7.74. The van der Waals surface area contributed by atoms with Gasteiger partial charge in [0, 0.05) is 19.7 Å². The van der Waals surface area contributed by atoms with Crippen molar-refractivity contribution in [2.75, 3.05) is 33.9 Å². The molecule has 0 heterocycles. The fraction of sp³-hybridized carbons (Fsp3) is 0.917. The quantitative estimate of drug-likeness (QED) is 0.690. The van der Waals surface area contributed by atoms with Crippen LogP contribution in [-0.2, 0) is 9.53 Å². The molecule has 16 heavy (non-hydrogen) atoms. The van der Waals surface area contributed by atoms with Crippen molar-refractivity contribution in [3.05, 3.63) is 0 Å². The molecule has 4 heteroatoms. The first-order valence-electron chi connectivity index (χ1n) is 6.20. The van der Waals surface area contributed by atoms with Crippen molar-refractivity contribution in [1.82, 2.24) is 10.2 Å². The highest BCUT2D eigenvalue weighted by atomic mass is 16.5. The Kier molecular flexibility index (Phi) is 6.42. The van der Waals surface area contributed by atoms with Gasteiger partial charge in [-0.1, -0.05) is 19.3 Å². The fourth-order valence-corrected chi connectivity index (χ4v) is 2.23. The number of amides is 1. The van der Waals surface area contributed by atoms with Crippen LogP contribution in [0.4, 0.5) is 0 Å². The van der Waals surface area contributed by atoms with E-state index >= 15 is 0 Å². The number of ether oxygens (including phenoxy) is 1. The summed E-state index contributed by atoms with van der Waals surface area (Å²) >= 11 is 0. The Labute approximate surface area is 98.3 Å². The lowest BCUT2D eigenvalue weighted by atomic mass is 9.94. The van der Waals surface area contributed by atoms with Crippen LogP contribution < -0.4 is 5.32 Å². The predicted octanol–water partition coefficient (Wildman–Crippen LogP) is 1.01. The number of rotatable bonds is 6. The average molecular weight is 228 g/mol. The predicted molar refractivity (Wildman–Crippen MR) is 64.4 cm³/mol. The minimum absolute atomic E-state index is 0.102.